The molecule has 3 amide bonds. The van der Waals surface area contributed by atoms with E-state index in [1.54, 1.807) is 58.9 Å². The fraction of sp³-hybridized carbons (Fsp3) is 0.500. The van der Waals surface area contributed by atoms with Crippen molar-refractivity contribution >= 4 is 29.7 Å². The molecule has 0 bridgehead atoms. The number of carbonyl (C=O) groups excluding carboxylic acids is 3. The molecule has 1 aliphatic rings. The highest BCUT2D eigenvalue weighted by Crippen LogP contribution is 2.45. The van der Waals surface area contributed by atoms with Gasteiger partial charge in [-0.25, -0.2) is 9.59 Å². The summed E-state index contributed by atoms with van der Waals surface area (Å²) in [7, 11) is 0. The van der Waals surface area contributed by atoms with E-state index >= 15 is 0 Å². The monoisotopic (exact) mass is 382 g/mol. The van der Waals surface area contributed by atoms with Gasteiger partial charge in [-0.15, -0.1) is 5.01 Å². The van der Waals surface area contributed by atoms with Crippen LogP contribution < -0.4 is 0 Å². The molecule has 0 N–H and O–H groups in total. The smallest absolute Gasteiger partial charge is 0.436 e. The van der Waals surface area contributed by atoms with Gasteiger partial charge in [-0.3, -0.25) is 4.79 Å². The van der Waals surface area contributed by atoms with Crippen LogP contribution >= 0.6 is 11.6 Å². The van der Waals surface area contributed by atoms with Gasteiger partial charge in [0.05, 0.1) is 12.2 Å². The van der Waals surface area contributed by atoms with Gasteiger partial charge in [-0.05, 0) is 51.8 Å². The van der Waals surface area contributed by atoms with Crippen molar-refractivity contribution in [3.63, 3.8) is 0 Å². The molecule has 7 nitrogen and oxygen atoms in total. The summed E-state index contributed by atoms with van der Waals surface area (Å²) in [6.07, 6.45) is -2.35. The number of halogens is 1. The standard InChI is InChI=1S/C18H23ClN2O5/c1-6-18(13-8-7-9-14(19)10-13)15(22)20(16(23)25-11(2)3)21(18)17(24)26-12(4)5/h7-12H,6H2,1-5H3/t18-/m1/s1. The predicted molar refractivity (Wildman–Crippen MR) is 95.3 cm³/mol. The molecule has 8 heteroatoms. The van der Waals surface area contributed by atoms with E-state index in [0.717, 1.165) is 5.01 Å². The quantitative estimate of drug-likeness (QED) is 0.783. The first kappa shape index (κ1) is 20.0. The van der Waals surface area contributed by atoms with Gasteiger partial charge in [0.15, 0.2) is 5.54 Å². The van der Waals surface area contributed by atoms with Gasteiger partial charge in [-0.1, -0.05) is 30.7 Å². The summed E-state index contributed by atoms with van der Waals surface area (Å²) in [5, 5.41) is 2.13. The second kappa shape index (κ2) is 7.53. The summed E-state index contributed by atoms with van der Waals surface area (Å²) in [4.78, 5) is 38.0. The highest BCUT2D eigenvalue weighted by atomic mass is 35.5. The van der Waals surface area contributed by atoms with Crippen LogP contribution in [0.4, 0.5) is 9.59 Å². The van der Waals surface area contributed by atoms with Crippen LogP contribution in [0.3, 0.4) is 0 Å². The number of amides is 3. The number of nitrogens with zero attached hydrogens (tertiary/aromatic N) is 2. The number of ether oxygens (including phenoxy) is 2. The van der Waals surface area contributed by atoms with E-state index < -0.39 is 35.8 Å². The molecule has 1 aromatic carbocycles. The molecule has 1 aromatic rings. The molecule has 142 valence electrons. The maximum Gasteiger partial charge on any atom is 0.436 e. The Hall–Kier alpha value is -2.28. The van der Waals surface area contributed by atoms with Crippen molar-refractivity contribution in [3.8, 4) is 0 Å². The maximum absolute atomic E-state index is 13.0. The summed E-state index contributed by atoms with van der Waals surface area (Å²) in [6, 6.07) is 6.64. The van der Waals surface area contributed by atoms with Crippen LogP contribution in [0.2, 0.25) is 5.02 Å². The van der Waals surface area contributed by atoms with Crippen LogP contribution in [-0.4, -0.2) is 40.3 Å². The third kappa shape index (κ3) is 3.35. The molecule has 0 saturated carbocycles. The lowest BCUT2D eigenvalue weighted by Crippen LogP contribution is -2.78. The highest BCUT2D eigenvalue weighted by molar-refractivity contribution is 6.30. The van der Waals surface area contributed by atoms with Crippen LogP contribution in [0.1, 0.15) is 46.6 Å². The Labute approximate surface area is 157 Å². The van der Waals surface area contributed by atoms with E-state index in [9.17, 15) is 14.4 Å². The lowest BCUT2D eigenvalue weighted by atomic mass is 9.81. The highest BCUT2D eigenvalue weighted by Gasteiger charge is 2.65. The zero-order valence-electron chi connectivity index (χ0n) is 15.5. The summed E-state index contributed by atoms with van der Waals surface area (Å²) < 4.78 is 10.3. The fourth-order valence-electron chi connectivity index (χ4n) is 2.88. The Balaban J connectivity index is 2.50. The van der Waals surface area contributed by atoms with Gasteiger partial charge >= 0.3 is 12.2 Å². The molecule has 0 spiro atoms. The minimum atomic E-state index is -1.37. The van der Waals surface area contributed by atoms with Crippen LogP contribution in [0.5, 0.6) is 0 Å². The topological polar surface area (TPSA) is 76.2 Å². The first-order valence-corrected chi connectivity index (χ1v) is 8.84. The maximum atomic E-state index is 13.0. The number of hydrogen-bond acceptors (Lipinski definition) is 5. The van der Waals surface area contributed by atoms with Crippen LogP contribution in [0.25, 0.3) is 0 Å². The predicted octanol–water partition coefficient (Wildman–Crippen LogP) is 4.09. The molecule has 1 saturated heterocycles. The lowest BCUT2D eigenvalue weighted by molar-refractivity contribution is -0.204. The summed E-state index contributed by atoms with van der Waals surface area (Å²) >= 11 is 6.06. The Morgan fingerprint density at radius 1 is 1.12 bits per heavy atom. The second-order valence-electron chi connectivity index (χ2n) is 6.52. The van der Waals surface area contributed by atoms with Gasteiger partial charge in [0, 0.05) is 5.02 Å². The molecular weight excluding hydrogens is 360 g/mol. The molecule has 2 rings (SSSR count). The Morgan fingerprint density at radius 2 is 1.69 bits per heavy atom. The largest absolute Gasteiger partial charge is 0.445 e. The average molecular weight is 383 g/mol. The average Bonchev–Trinajstić information content (AvgIpc) is 2.51. The third-order valence-corrected chi connectivity index (χ3v) is 4.18. The van der Waals surface area contributed by atoms with Crippen molar-refractivity contribution < 1.29 is 23.9 Å². The zero-order chi connectivity index (χ0) is 19.6. The third-order valence-electron chi connectivity index (χ3n) is 3.94. The molecule has 0 aromatic heterocycles. The molecule has 1 atom stereocenters. The van der Waals surface area contributed by atoms with Crippen molar-refractivity contribution in [2.75, 3.05) is 0 Å². The van der Waals surface area contributed by atoms with Crippen molar-refractivity contribution in [2.45, 2.75) is 58.8 Å². The van der Waals surface area contributed by atoms with Crippen molar-refractivity contribution in [1.29, 1.82) is 0 Å². The minimum absolute atomic E-state index is 0.241. The van der Waals surface area contributed by atoms with E-state index in [0.29, 0.717) is 15.6 Å². The minimum Gasteiger partial charge on any atom is -0.445 e. The van der Waals surface area contributed by atoms with Crippen molar-refractivity contribution in [2.24, 2.45) is 0 Å². The summed E-state index contributed by atoms with van der Waals surface area (Å²) in [5.74, 6) is -0.561. The molecule has 1 aliphatic heterocycles. The number of hydrazine groups is 1. The van der Waals surface area contributed by atoms with Gasteiger partial charge in [0.1, 0.15) is 0 Å². The first-order valence-electron chi connectivity index (χ1n) is 8.47. The van der Waals surface area contributed by atoms with Crippen molar-refractivity contribution in [1.82, 2.24) is 10.0 Å². The van der Waals surface area contributed by atoms with Gasteiger partial charge in [0.25, 0.3) is 5.91 Å². The van der Waals surface area contributed by atoms with E-state index in [1.165, 1.54) is 0 Å². The zero-order valence-corrected chi connectivity index (χ0v) is 16.2. The van der Waals surface area contributed by atoms with Gasteiger partial charge in [0.2, 0.25) is 0 Å². The summed E-state index contributed by atoms with van der Waals surface area (Å²) in [5.41, 5.74) is -0.862. The molecule has 0 unspecified atom stereocenters. The number of hydrogen-bond donors (Lipinski definition) is 0. The Morgan fingerprint density at radius 3 is 2.19 bits per heavy atom. The summed E-state index contributed by atoms with van der Waals surface area (Å²) in [6.45, 7) is 8.43. The molecule has 1 heterocycles. The Bertz CT molecular complexity index is 721. The van der Waals surface area contributed by atoms with Gasteiger partial charge in [-0.2, -0.15) is 5.01 Å². The fourth-order valence-corrected chi connectivity index (χ4v) is 3.07. The molecule has 0 aliphatic carbocycles. The van der Waals surface area contributed by atoms with E-state index in [1.807, 2.05) is 0 Å². The van der Waals surface area contributed by atoms with Crippen LogP contribution in [0, 0.1) is 0 Å². The van der Waals surface area contributed by atoms with E-state index in [4.69, 9.17) is 21.1 Å². The SMILES string of the molecule is CC[C@@]1(c2cccc(Cl)c2)C(=O)N(C(=O)OC(C)C)N1C(=O)OC(C)C. The van der Waals surface area contributed by atoms with Crippen molar-refractivity contribution in [3.05, 3.63) is 34.9 Å². The normalized spacial score (nSPS) is 19.6. The molecule has 1 fully saturated rings. The van der Waals surface area contributed by atoms with E-state index in [2.05, 4.69) is 0 Å². The molecule has 26 heavy (non-hydrogen) atoms. The number of rotatable bonds is 4. The lowest BCUT2D eigenvalue weighted by Gasteiger charge is -2.54. The second-order valence-corrected chi connectivity index (χ2v) is 6.95. The number of imide groups is 1. The van der Waals surface area contributed by atoms with E-state index in [-0.39, 0.29) is 6.42 Å². The number of carbonyl (C=O) groups is 3. The Kier molecular flexibility index (Phi) is 5.81. The first-order chi connectivity index (χ1) is 12.1. The van der Waals surface area contributed by atoms with Crippen LogP contribution in [0.15, 0.2) is 24.3 Å². The van der Waals surface area contributed by atoms with Gasteiger partial charge < -0.3 is 9.47 Å². The molecule has 0 radical (unpaired) electrons. The van der Waals surface area contributed by atoms with Crippen LogP contribution in [-0.2, 0) is 19.8 Å². The molecular formula is C18H23ClN2O5. The number of benzene rings is 1.